The maximum atomic E-state index is 13.7. The van der Waals surface area contributed by atoms with E-state index in [-0.39, 0.29) is 18.3 Å². The first-order chi connectivity index (χ1) is 14.8. The van der Waals surface area contributed by atoms with Crippen molar-refractivity contribution in [3.63, 3.8) is 0 Å². The monoisotopic (exact) mass is 420 g/mol. The van der Waals surface area contributed by atoms with Crippen LogP contribution in [0.4, 0.5) is 10.2 Å². The molecular formula is C23H21FN4O3. The summed E-state index contributed by atoms with van der Waals surface area (Å²) in [4.78, 5) is 17.9. The molecule has 1 saturated heterocycles. The number of nitrogens with one attached hydrogen (secondary N) is 1. The van der Waals surface area contributed by atoms with E-state index < -0.39 is 18.1 Å². The molecular weight excluding hydrogens is 399 g/mol. The van der Waals surface area contributed by atoms with Crippen molar-refractivity contribution >= 4 is 33.6 Å². The van der Waals surface area contributed by atoms with Crippen LogP contribution in [0.5, 0.6) is 0 Å². The van der Waals surface area contributed by atoms with E-state index in [0.29, 0.717) is 11.3 Å². The SMILES string of the molecule is CC(C)c1c(N2CC(C(=O)O)C2O)nc2cc3[nH]ncc3cc2c1-c1ccc(F)cc1. The second kappa shape index (κ2) is 7.02. The molecule has 2 aromatic carbocycles. The molecule has 31 heavy (non-hydrogen) atoms. The number of hydrogen-bond acceptors (Lipinski definition) is 5. The van der Waals surface area contributed by atoms with E-state index in [0.717, 1.165) is 33.0 Å². The molecule has 5 rings (SSSR count). The lowest BCUT2D eigenvalue weighted by Gasteiger charge is -2.44. The Kier molecular flexibility index (Phi) is 4.40. The number of carboxylic acids is 1. The summed E-state index contributed by atoms with van der Waals surface area (Å²) in [7, 11) is 0. The van der Waals surface area contributed by atoms with E-state index >= 15 is 0 Å². The van der Waals surface area contributed by atoms with E-state index in [1.165, 1.54) is 12.1 Å². The van der Waals surface area contributed by atoms with Crippen molar-refractivity contribution in [3.8, 4) is 11.1 Å². The zero-order valence-corrected chi connectivity index (χ0v) is 17.0. The Labute approximate surface area is 177 Å². The summed E-state index contributed by atoms with van der Waals surface area (Å²) in [6.07, 6.45) is 0.583. The predicted octanol–water partition coefficient (Wildman–Crippen LogP) is 3.88. The van der Waals surface area contributed by atoms with Gasteiger partial charge < -0.3 is 15.1 Å². The zero-order chi connectivity index (χ0) is 21.9. The van der Waals surface area contributed by atoms with Crippen molar-refractivity contribution in [1.82, 2.24) is 15.2 Å². The Balaban J connectivity index is 1.82. The summed E-state index contributed by atoms with van der Waals surface area (Å²) in [5.74, 6) is -1.66. The minimum atomic E-state index is -1.16. The number of hydrogen-bond donors (Lipinski definition) is 3. The second-order valence-corrected chi connectivity index (χ2v) is 8.22. The standard InChI is InChI=1S/C23H21FN4O3/c1-11(2)19-20(12-3-5-14(24)6-4-12)15-7-13-9-25-27-17(13)8-18(15)26-21(19)28-10-16(22(28)29)23(30)31/h3-9,11,16,22,29H,10H2,1-2H3,(H,25,27)(H,30,31). The number of aliphatic carboxylic acids is 1. The fourth-order valence-electron chi connectivity index (χ4n) is 4.31. The van der Waals surface area contributed by atoms with Gasteiger partial charge in [-0.15, -0.1) is 0 Å². The molecule has 1 aliphatic heterocycles. The maximum absolute atomic E-state index is 13.7. The minimum Gasteiger partial charge on any atom is -0.481 e. The number of fused-ring (bicyclic) bond motifs is 2. The molecule has 1 aliphatic rings. The van der Waals surface area contributed by atoms with Crippen molar-refractivity contribution in [2.24, 2.45) is 5.92 Å². The van der Waals surface area contributed by atoms with Crippen molar-refractivity contribution in [2.45, 2.75) is 26.0 Å². The molecule has 2 unspecified atom stereocenters. The van der Waals surface area contributed by atoms with Gasteiger partial charge in [0.05, 0.1) is 17.2 Å². The van der Waals surface area contributed by atoms with Gasteiger partial charge >= 0.3 is 5.97 Å². The summed E-state index contributed by atoms with van der Waals surface area (Å²) < 4.78 is 13.7. The lowest BCUT2D eigenvalue weighted by Crippen LogP contribution is -2.60. The molecule has 7 nitrogen and oxygen atoms in total. The summed E-state index contributed by atoms with van der Waals surface area (Å²) in [5.41, 5.74) is 4.10. The molecule has 0 spiro atoms. The fourth-order valence-corrected chi connectivity index (χ4v) is 4.31. The average molecular weight is 420 g/mol. The molecule has 3 heterocycles. The fraction of sp³-hybridized carbons (Fsp3) is 0.261. The van der Waals surface area contributed by atoms with Gasteiger partial charge in [0.25, 0.3) is 0 Å². The molecule has 1 fully saturated rings. The van der Waals surface area contributed by atoms with Gasteiger partial charge in [-0.1, -0.05) is 26.0 Å². The summed E-state index contributed by atoms with van der Waals surface area (Å²) in [6.45, 7) is 4.22. The molecule has 0 aliphatic carbocycles. The first-order valence-corrected chi connectivity index (χ1v) is 10.1. The van der Waals surface area contributed by atoms with Gasteiger partial charge in [-0.2, -0.15) is 5.10 Å². The van der Waals surface area contributed by atoms with Crippen LogP contribution < -0.4 is 4.90 Å². The van der Waals surface area contributed by atoms with Crippen LogP contribution in [0.25, 0.3) is 32.9 Å². The number of aliphatic hydroxyl groups excluding tert-OH is 1. The Morgan fingerprint density at radius 3 is 2.65 bits per heavy atom. The highest BCUT2D eigenvalue weighted by Gasteiger charge is 2.44. The highest BCUT2D eigenvalue weighted by Crippen LogP contribution is 2.44. The van der Waals surface area contributed by atoms with Crippen LogP contribution in [0.1, 0.15) is 25.3 Å². The van der Waals surface area contributed by atoms with Crippen molar-refractivity contribution in [3.05, 3.63) is 54.0 Å². The van der Waals surface area contributed by atoms with Crippen molar-refractivity contribution in [2.75, 3.05) is 11.4 Å². The van der Waals surface area contributed by atoms with Gasteiger partial charge in [-0.05, 0) is 41.3 Å². The molecule has 158 valence electrons. The highest BCUT2D eigenvalue weighted by atomic mass is 19.1. The molecule has 0 saturated carbocycles. The molecule has 4 aromatic rings. The first-order valence-electron chi connectivity index (χ1n) is 10.1. The minimum absolute atomic E-state index is 0.0167. The molecule has 3 N–H and O–H groups in total. The zero-order valence-electron chi connectivity index (χ0n) is 17.0. The first kappa shape index (κ1) is 19.4. The van der Waals surface area contributed by atoms with E-state index in [9.17, 15) is 19.4 Å². The number of carbonyl (C=O) groups is 1. The predicted molar refractivity (Wildman–Crippen MR) is 115 cm³/mol. The molecule has 0 radical (unpaired) electrons. The number of pyridine rings is 1. The van der Waals surface area contributed by atoms with Gasteiger partial charge in [0, 0.05) is 22.9 Å². The van der Waals surface area contributed by atoms with Gasteiger partial charge in [0.15, 0.2) is 0 Å². The Morgan fingerprint density at radius 1 is 1.26 bits per heavy atom. The van der Waals surface area contributed by atoms with Gasteiger partial charge in [-0.25, -0.2) is 9.37 Å². The number of aromatic nitrogens is 3. The van der Waals surface area contributed by atoms with Crippen LogP contribution in [-0.4, -0.2) is 44.1 Å². The Morgan fingerprint density at radius 2 is 2.00 bits per heavy atom. The third-order valence-corrected chi connectivity index (χ3v) is 5.93. The van der Waals surface area contributed by atoms with Crippen LogP contribution in [0, 0.1) is 11.7 Å². The largest absolute Gasteiger partial charge is 0.481 e. The summed E-state index contributed by atoms with van der Waals surface area (Å²) in [5, 5.41) is 28.7. The van der Waals surface area contributed by atoms with Gasteiger partial charge in [-0.3, -0.25) is 9.89 Å². The van der Waals surface area contributed by atoms with Crippen LogP contribution in [0.15, 0.2) is 42.6 Å². The highest BCUT2D eigenvalue weighted by molar-refractivity contribution is 6.05. The average Bonchev–Trinajstić information content (AvgIpc) is 3.17. The van der Waals surface area contributed by atoms with Crippen LogP contribution in [0.3, 0.4) is 0 Å². The summed E-state index contributed by atoms with van der Waals surface area (Å²) >= 11 is 0. The molecule has 8 heteroatoms. The topological polar surface area (TPSA) is 102 Å². The van der Waals surface area contributed by atoms with Crippen LogP contribution in [-0.2, 0) is 4.79 Å². The molecule has 0 bridgehead atoms. The van der Waals surface area contributed by atoms with Gasteiger partial charge in [0.2, 0.25) is 0 Å². The quantitative estimate of drug-likeness (QED) is 0.463. The van der Waals surface area contributed by atoms with E-state index in [1.807, 2.05) is 26.0 Å². The van der Waals surface area contributed by atoms with Gasteiger partial charge in [0.1, 0.15) is 23.8 Å². The van der Waals surface area contributed by atoms with Crippen LogP contribution >= 0.6 is 0 Å². The Bertz CT molecular complexity index is 1320. The van der Waals surface area contributed by atoms with E-state index in [4.69, 9.17) is 4.98 Å². The number of carboxylic acid groups (broad SMARTS) is 1. The maximum Gasteiger partial charge on any atom is 0.312 e. The van der Waals surface area contributed by atoms with Crippen LogP contribution in [0.2, 0.25) is 0 Å². The number of aromatic amines is 1. The lowest BCUT2D eigenvalue weighted by molar-refractivity contribution is -0.149. The number of anilines is 1. The molecule has 0 amide bonds. The number of rotatable bonds is 4. The van der Waals surface area contributed by atoms with Crippen molar-refractivity contribution in [1.29, 1.82) is 0 Å². The number of aliphatic hydroxyl groups is 1. The second-order valence-electron chi connectivity index (χ2n) is 8.22. The summed E-state index contributed by atoms with van der Waals surface area (Å²) in [6, 6.07) is 10.2. The van der Waals surface area contributed by atoms with E-state index in [1.54, 1.807) is 23.2 Å². The molecule has 2 atom stereocenters. The smallest absolute Gasteiger partial charge is 0.312 e. The lowest BCUT2D eigenvalue weighted by atomic mass is 9.87. The third-order valence-electron chi connectivity index (χ3n) is 5.93. The number of H-pyrrole nitrogens is 1. The Hall–Kier alpha value is -3.52. The van der Waals surface area contributed by atoms with Crippen molar-refractivity contribution < 1.29 is 19.4 Å². The third kappa shape index (κ3) is 3.02. The molecule has 2 aromatic heterocycles. The number of halogens is 1. The normalized spacial score (nSPS) is 18.7. The van der Waals surface area contributed by atoms with E-state index in [2.05, 4.69) is 10.2 Å². The number of benzene rings is 2. The number of nitrogens with zero attached hydrogens (tertiary/aromatic N) is 3.